The SMILES string of the molecule is O=C(CCCc1ccc2ccccc2c1)N1COC[C@H]1Cc1ccccc1. The number of fused-ring (bicyclic) bond motifs is 1. The molecule has 0 aromatic heterocycles. The number of rotatable bonds is 6. The monoisotopic (exact) mass is 359 g/mol. The second-order valence-electron chi connectivity index (χ2n) is 7.24. The summed E-state index contributed by atoms with van der Waals surface area (Å²) in [6, 6.07) is 25.4. The van der Waals surface area contributed by atoms with Crippen LogP contribution in [-0.2, 0) is 22.4 Å². The number of carbonyl (C=O) groups is 1. The van der Waals surface area contributed by atoms with Crippen molar-refractivity contribution in [1.29, 1.82) is 0 Å². The Labute approximate surface area is 160 Å². The maximum atomic E-state index is 12.7. The molecule has 0 spiro atoms. The van der Waals surface area contributed by atoms with Crippen molar-refractivity contribution in [2.45, 2.75) is 31.7 Å². The lowest BCUT2D eigenvalue weighted by Gasteiger charge is -2.22. The highest BCUT2D eigenvalue weighted by molar-refractivity contribution is 5.83. The van der Waals surface area contributed by atoms with Gasteiger partial charge in [-0.2, -0.15) is 0 Å². The van der Waals surface area contributed by atoms with Gasteiger partial charge in [-0.15, -0.1) is 0 Å². The number of ether oxygens (including phenoxy) is 1. The second-order valence-corrected chi connectivity index (χ2v) is 7.24. The van der Waals surface area contributed by atoms with Crippen LogP contribution in [0, 0.1) is 0 Å². The molecule has 3 heteroatoms. The molecule has 1 amide bonds. The summed E-state index contributed by atoms with van der Waals surface area (Å²) in [4.78, 5) is 14.6. The van der Waals surface area contributed by atoms with Gasteiger partial charge in [-0.25, -0.2) is 0 Å². The lowest BCUT2D eigenvalue weighted by atomic mass is 10.0. The van der Waals surface area contributed by atoms with Crippen LogP contribution in [0.1, 0.15) is 24.0 Å². The highest BCUT2D eigenvalue weighted by Crippen LogP contribution is 2.19. The van der Waals surface area contributed by atoms with Crippen molar-refractivity contribution in [3.05, 3.63) is 83.9 Å². The topological polar surface area (TPSA) is 29.5 Å². The lowest BCUT2D eigenvalue weighted by molar-refractivity contribution is -0.133. The van der Waals surface area contributed by atoms with Crippen LogP contribution in [0.15, 0.2) is 72.8 Å². The summed E-state index contributed by atoms with van der Waals surface area (Å²) in [5, 5.41) is 2.52. The van der Waals surface area contributed by atoms with E-state index in [-0.39, 0.29) is 11.9 Å². The molecule has 3 aromatic carbocycles. The second kappa shape index (κ2) is 8.36. The average Bonchev–Trinajstić information content (AvgIpc) is 3.17. The third kappa shape index (κ3) is 4.37. The van der Waals surface area contributed by atoms with E-state index in [1.807, 2.05) is 23.1 Å². The molecule has 1 heterocycles. The van der Waals surface area contributed by atoms with Gasteiger partial charge in [0.1, 0.15) is 6.73 Å². The molecular weight excluding hydrogens is 334 g/mol. The molecule has 0 unspecified atom stereocenters. The van der Waals surface area contributed by atoms with E-state index in [9.17, 15) is 4.79 Å². The van der Waals surface area contributed by atoms with Crippen molar-refractivity contribution >= 4 is 16.7 Å². The number of amides is 1. The molecule has 0 N–H and O–H groups in total. The third-order valence-electron chi connectivity index (χ3n) is 5.29. The van der Waals surface area contributed by atoms with E-state index in [4.69, 9.17) is 4.74 Å². The molecule has 0 aliphatic carbocycles. The van der Waals surface area contributed by atoms with E-state index in [1.165, 1.54) is 21.9 Å². The first-order valence-corrected chi connectivity index (χ1v) is 9.68. The first-order valence-electron chi connectivity index (χ1n) is 9.68. The largest absolute Gasteiger partial charge is 0.359 e. The van der Waals surface area contributed by atoms with E-state index in [1.54, 1.807) is 0 Å². The van der Waals surface area contributed by atoms with Crippen LogP contribution in [-0.4, -0.2) is 30.2 Å². The number of nitrogens with zero attached hydrogens (tertiary/aromatic N) is 1. The van der Waals surface area contributed by atoms with Crippen LogP contribution < -0.4 is 0 Å². The summed E-state index contributed by atoms with van der Waals surface area (Å²) >= 11 is 0. The van der Waals surface area contributed by atoms with Gasteiger partial charge in [0.2, 0.25) is 5.91 Å². The molecule has 0 bridgehead atoms. The van der Waals surface area contributed by atoms with Gasteiger partial charge in [0.15, 0.2) is 0 Å². The molecule has 1 aliphatic rings. The van der Waals surface area contributed by atoms with Gasteiger partial charge in [0.25, 0.3) is 0 Å². The quantitative estimate of drug-likeness (QED) is 0.644. The number of aryl methyl sites for hydroxylation is 1. The van der Waals surface area contributed by atoms with Crippen LogP contribution in [0.25, 0.3) is 10.8 Å². The van der Waals surface area contributed by atoms with Crippen molar-refractivity contribution in [3.63, 3.8) is 0 Å². The minimum atomic E-state index is 0.153. The zero-order valence-corrected chi connectivity index (χ0v) is 15.5. The lowest BCUT2D eigenvalue weighted by Crippen LogP contribution is -2.37. The summed E-state index contributed by atoms with van der Waals surface area (Å²) in [6.45, 7) is 1.05. The smallest absolute Gasteiger partial charge is 0.224 e. The van der Waals surface area contributed by atoms with E-state index in [0.29, 0.717) is 19.8 Å². The Morgan fingerprint density at radius 1 is 0.926 bits per heavy atom. The Morgan fingerprint density at radius 3 is 2.56 bits per heavy atom. The minimum absolute atomic E-state index is 0.153. The highest BCUT2D eigenvalue weighted by atomic mass is 16.5. The van der Waals surface area contributed by atoms with Gasteiger partial charge in [0, 0.05) is 6.42 Å². The molecule has 0 saturated carbocycles. The number of carbonyl (C=O) groups excluding carboxylic acids is 1. The van der Waals surface area contributed by atoms with Crippen LogP contribution in [0.2, 0.25) is 0 Å². The molecular formula is C24H25NO2. The predicted octanol–water partition coefficient (Wildman–Crippen LogP) is 4.59. The predicted molar refractivity (Wildman–Crippen MR) is 108 cm³/mol. The van der Waals surface area contributed by atoms with Crippen molar-refractivity contribution in [3.8, 4) is 0 Å². The Balaban J connectivity index is 1.31. The average molecular weight is 359 g/mol. The molecule has 1 saturated heterocycles. The first kappa shape index (κ1) is 17.7. The van der Waals surface area contributed by atoms with E-state index in [0.717, 1.165) is 19.3 Å². The van der Waals surface area contributed by atoms with Crippen LogP contribution >= 0.6 is 0 Å². The fraction of sp³-hybridized carbons (Fsp3) is 0.292. The van der Waals surface area contributed by atoms with E-state index in [2.05, 4.69) is 54.6 Å². The summed E-state index contributed by atoms with van der Waals surface area (Å²) in [6.07, 6.45) is 3.22. The molecule has 1 fully saturated rings. The number of hydrogen-bond acceptors (Lipinski definition) is 2. The molecule has 3 aromatic rings. The summed E-state index contributed by atoms with van der Waals surface area (Å²) < 4.78 is 5.58. The summed E-state index contributed by atoms with van der Waals surface area (Å²) in [7, 11) is 0. The molecule has 1 aliphatic heterocycles. The summed E-state index contributed by atoms with van der Waals surface area (Å²) in [5.74, 6) is 0.203. The fourth-order valence-corrected chi connectivity index (χ4v) is 3.80. The van der Waals surface area contributed by atoms with Crippen molar-refractivity contribution in [1.82, 2.24) is 4.90 Å². The van der Waals surface area contributed by atoms with Gasteiger partial charge in [-0.3, -0.25) is 4.79 Å². The van der Waals surface area contributed by atoms with Crippen LogP contribution in [0.4, 0.5) is 0 Å². The Kier molecular flexibility index (Phi) is 5.50. The standard InChI is InChI=1S/C24H25NO2/c26-24(25-18-27-17-23(25)16-19-7-2-1-3-8-19)12-6-9-20-13-14-21-10-4-5-11-22(21)15-20/h1-5,7-8,10-11,13-15,23H,6,9,12,16-18H2/t23-/m1/s1. The third-order valence-corrected chi connectivity index (χ3v) is 5.29. The van der Waals surface area contributed by atoms with Crippen molar-refractivity contribution in [2.75, 3.05) is 13.3 Å². The van der Waals surface area contributed by atoms with Gasteiger partial charge in [-0.05, 0) is 41.2 Å². The maximum absolute atomic E-state index is 12.7. The van der Waals surface area contributed by atoms with Gasteiger partial charge in [-0.1, -0.05) is 72.8 Å². The van der Waals surface area contributed by atoms with Crippen LogP contribution in [0.5, 0.6) is 0 Å². The number of hydrogen-bond donors (Lipinski definition) is 0. The van der Waals surface area contributed by atoms with Gasteiger partial charge in [0.05, 0.1) is 12.6 Å². The normalized spacial score (nSPS) is 16.7. The molecule has 3 nitrogen and oxygen atoms in total. The molecule has 1 atom stereocenters. The maximum Gasteiger partial charge on any atom is 0.224 e. The Hall–Kier alpha value is -2.65. The number of benzene rings is 3. The molecule has 27 heavy (non-hydrogen) atoms. The zero-order valence-electron chi connectivity index (χ0n) is 15.5. The van der Waals surface area contributed by atoms with Crippen molar-refractivity contribution < 1.29 is 9.53 Å². The zero-order chi connectivity index (χ0) is 18.5. The van der Waals surface area contributed by atoms with Gasteiger partial charge >= 0.3 is 0 Å². The first-order chi connectivity index (χ1) is 13.3. The van der Waals surface area contributed by atoms with E-state index >= 15 is 0 Å². The molecule has 138 valence electrons. The van der Waals surface area contributed by atoms with Crippen LogP contribution in [0.3, 0.4) is 0 Å². The van der Waals surface area contributed by atoms with Crippen molar-refractivity contribution in [2.24, 2.45) is 0 Å². The Morgan fingerprint density at radius 2 is 1.70 bits per heavy atom. The summed E-state index contributed by atoms with van der Waals surface area (Å²) in [5.41, 5.74) is 2.54. The Bertz CT molecular complexity index is 906. The van der Waals surface area contributed by atoms with E-state index < -0.39 is 0 Å². The van der Waals surface area contributed by atoms with Gasteiger partial charge < -0.3 is 9.64 Å². The molecule has 4 rings (SSSR count). The fourth-order valence-electron chi connectivity index (χ4n) is 3.80. The minimum Gasteiger partial charge on any atom is -0.359 e. The highest BCUT2D eigenvalue weighted by Gasteiger charge is 2.29. The molecule has 0 radical (unpaired) electrons.